The van der Waals surface area contributed by atoms with Gasteiger partial charge in [0.25, 0.3) is 0 Å². The van der Waals surface area contributed by atoms with Crippen molar-refractivity contribution in [3.05, 3.63) is 52.6 Å². The Bertz CT molecular complexity index is 746. The number of halogens is 1. The van der Waals surface area contributed by atoms with Gasteiger partial charge in [-0.2, -0.15) is 0 Å². The summed E-state index contributed by atoms with van der Waals surface area (Å²) < 4.78 is 2.89. The molecule has 3 aromatic rings. The van der Waals surface area contributed by atoms with Crippen LogP contribution in [0, 0.1) is 5.41 Å². The lowest BCUT2D eigenvalue weighted by atomic mass is 10.2. The Kier molecular flexibility index (Phi) is 2.04. The van der Waals surface area contributed by atoms with Gasteiger partial charge in [-0.1, -0.05) is 12.1 Å². The van der Waals surface area contributed by atoms with Crippen LogP contribution in [-0.4, -0.2) is 9.38 Å². The maximum atomic E-state index is 7.93. The van der Waals surface area contributed by atoms with Crippen LogP contribution in [0.5, 0.6) is 0 Å². The topological polar surface area (TPSA) is 41.2 Å². The second-order valence-electron chi connectivity index (χ2n) is 3.52. The summed E-state index contributed by atoms with van der Waals surface area (Å²) in [6.07, 6.45) is 1.95. The Morgan fingerprint density at radius 2 is 2.00 bits per heavy atom. The van der Waals surface area contributed by atoms with E-state index in [4.69, 9.17) is 5.41 Å². The fraction of sp³-hybridized carbons (Fsp3) is 0. The molecule has 0 bridgehead atoms. The smallest absolute Gasteiger partial charge is 0.157 e. The molecule has 0 spiro atoms. The number of aromatic nitrogens is 2. The number of nitrogens with one attached hydrogen (secondary N) is 1. The molecule has 1 aromatic carbocycles. The van der Waals surface area contributed by atoms with Gasteiger partial charge in [-0.15, -0.1) is 0 Å². The van der Waals surface area contributed by atoms with Crippen LogP contribution in [0.4, 0.5) is 0 Å². The lowest BCUT2D eigenvalue weighted by molar-refractivity contribution is 1.07. The molecule has 0 unspecified atom stereocenters. The zero-order valence-corrected chi connectivity index (χ0v) is 9.90. The maximum Gasteiger partial charge on any atom is 0.157 e. The molecule has 0 aliphatic heterocycles. The number of hydrogen-bond donors (Lipinski definition) is 1. The molecule has 0 aliphatic rings. The number of nitrogens with zero attached hydrogens (tertiary/aromatic N) is 2. The third-order valence-corrected chi connectivity index (χ3v) is 3.21. The zero-order valence-electron chi connectivity index (χ0n) is 8.31. The van der Waals surface area contributed by atoms with Crippen LogP contribution in [0.1, 0.15) is 0 Å². The van der Waals surface area contributed by atoms with Crippen molar-refractivity contribution in [2.45, 2.75) is 0 Å². The van der Waals surface area contributed by atoms with E-state index in [0.29, 0.717) is 5.49 Å². The molecule has 0 saturated heterocycles. The lowest BCUT2D eigenvalue weighted by Crippen LogP contribution is -2.11. The zero-order chi connectivity index (χ0) is 11.1. The van der Waals surface area contributed by atoms with E-state index in [1.54, 1.807) is 0 Å². The SMILES string of the molecule is N=c1nc2ccccn2c2cccc(Br)c12. The normalized spacial score (nSPS) is 11.1. The largest absolute Gasteiger partial charge is 0.301 e. The second kappa shape index (κ2) is 3.42. The van der Waals surface area contributed by atoms with Gasteiger partial charge in [-0.3, -0.25) is 5.41 Å². The molecule has 0 aliphatic carbocycles. The van der Waals surface area contributed by atoms with E-state index in [-0.39, 0.29) is 0 Å². The highest BCUT2D eigenvalue weighted by molar-refractivity contribution is 9.10. The Hall–Kier alpha value is -1.68. The highest BCUT2D eigenvalue weighted by Crippen LogP contribution is 2.20. The molecule has 4 heteroatoms. The van der Waals surface area contributed by atoms with Crippen LogP contribution in [0.3, 0.4) is 0 Å². The molecule has 0 atom stereocenters. The maximum absolute atomic E-state index is 7.93. The molecular weight excluding hydrogens is 266 g/mol. The van der Waals surface area contributed by atoms with Gasteiger partial charge in [0, 0.05) is 10.7 Å². The molecule has 0 amide bonds. The molecule has 1 N–H and O–H groups in total. The van der Waals surface area contributed by atoms with Crippen molar-refractivity contribution < 1.29 is 0 Å². The number of hydrogen-bond acceptors (Lipinski definition) is 2. The Morgan fingerprint density at radius 3 is 2.88 bits per heavy atom. The first-order valence-electron chi connectivity index (χ1n) is 4.87. The van der Waals surface area contributed by atoms with Crippen LogP contribution < -0.4 is 5.49 Å². The third kappa shape index (κ3) is 1.27. The number of fused-ring (bicyclic) bond motifs is 3. The van der Waals surface area contributed by atoms with E-state index in [0.717, 1.165) is 21.0 Å². The quantitative estimate of drug-likeness (QED) is 0.629. The second-order valence-corrected chi connectivity index (χ2v) is 4.38. The minimum Gasteiger partial charge on any atom is -0.301 e. The van der Waals surface area contributed by atoms with Crippen molar-refractivity contribution in [3.63, 3.8) is 0 Å². The van der Waals surface area contributed by atoms with Crippen LogP contribution in [0.2, 0.25) is 0 Å². The predicted octanol–water partition coefficient (Wildman–Crippen LogP) is 2.73. The fourth-order valence-electron chi connectivity index (χ4n) is 1.85. The summed E-state index contributed by atoms with van der Waals surface area (Å²) >= 11 is 3.46. The Morgan fingerprint density at radius 1 is 1.12 bits per heavy atom. The van der Waals surface area contributed by atoms with E-state index in [1.165, 1.54) is 0 Å². The standard InChI is InChI=1S/C12H8BrN3/c13-8-4-3-5-9-11(8)12(14)15-10-6-1-2-7-16(9)10/h1-7,14H. The first-order valence-corrected chi connectivity index (χ1v) is 5.67. The van der Waals surface area contributed by atoms with Gasteiger partial charge < -0.3 is 4.40 Å². The van der Waals surface area contributed by atoms with Crippen LogP contribution in [0.25, 0.3) is 16.6 Å². The average molecular weight is 274 g/mol. The molecule has 0 saturated carbocycles. The molecule has 0 fully saturated rings. The van der Waals surface area contributed by atoms with Crippen LogP contribution >= 0.6 is 15.9 Å². The number of benzene rings is 1. The molecule has 2 aromatic heterocycles. The molecule has 16 heavy (non-hydrogen) atoms. The molecule has 3 nitrogen and oxygen atoms in total. The van der Waals surface area contributed by atoms with Crippen molar-refractivity contribution in [3.8, 4) is 0 Å². The van der Waals surface area contributed by atoms with E-state index in [1.807, 2.05) is 47.0 Å². The van der Waals surface area contributed by atoms with Crippen LogP contribution in [0.15, 0.2) is 47.1 Å². The lowest BCUT2D eigenvalue weighted by Gasteiger charge is -2.06. The van der Waals surface area contributed by atoms with Crippen molar-refractivity contribution in [2.24, 2.45) is 0 Å². The third-order valence-electron chi connectivity index (χ3n) is 2.55. The van der Waals surface area contributed by atoms with Gasteiger partial charge in [0.15, 0.2) is 5.49 Å². The predicted molar refractivity (Wildman–Crippen MR) is 66.3 cm³/mol. The van der Waals surface area contributed by atoms with Gasteiger partial charge in [0.1, 0.15) is 5.65 Å². The van der Waals surface area contributed by atoms with E-state index >= 15 is 0 Å². The minimum atomic E-state index is 0.300. The Labute approximate surface area is 100 Å². The Balaban J connectivity index is 2.71. The molecular formula is C12H8BrN3. The minimum absolute atomic E-state index is 0.300. The summed E-state index contributed by atoms with van der Waals surface area (Å²) in [5.41, 5.74) is 2.08. The van der Waals surface area contributed by atoms with E-state index in [9.17, 15) is 0 Å². The number of rotatable bonds is 0. The van der Waals surface area contributed by atoms with Gasteiger partial charge in [-0.25, -0.2) is 4.98 Å². The van der Waals surface area contributed by atoms with E-state index < -0.39 is 0 Å². The molecule has 0 radical (unpaired) electrons. The summed E-state index contributed by atoms with van der Waals surface area (Å²) in [6, 6.07) is 11.7. The monoisotopic (exact) mass is 273 g/mol. The van der Waals surface area contributed by atoms with Crippen molar-refractivity contribution in [2.75, 3.05) is 0 Å². The van der Waals surface area contributed by atoms with Crippen molar-refractivity contribution in [1.82, 2.24) is 9.38 Å². The van der Waals surface area contributed by atoms with Crippen molar-refractivity contribution in [1.29, 1.82) is 5.41 Å². The highest BCUT2D eigenvalue weighted by Gasteiger charge is 2.04. The molecule has 2 heterocycles. The summed E-state index contributed by atoms with van der Waals surface area (Å²) in [7, 11) is 0. The van der Waals surface area contributed by atoms with Gasteiger partial charge in [0.05, 0.1) is 10.9 Å². The van der Waals surface area contributed by atoms with Gasteiger partial charge in [0.2, 0.25) is 0 Å². The summed E-state index contributed by atoms with van der Waals surface area (Å²) in [5.74, 6) is 0. The summed E-state index contributed by atoms with van der Waals surface area (Å²) in [4.78, 5) is 4.26. The molecule has 78 valence electrons. The fourth-order valence-corrected chi connectivity index (χ4v) is 2.39. The molecule has 3 rings (SSSR count). The summed E-state index contributed by atoms with van der Waals surface area (Å²) in [5, 5.41) is 8.77. The average Bonchev–Trinajstić information content (AvgIpc) is 2.29. The number of pyridine rings is 1. The van der Waals surface area contributed by atoms with Gasteiger partial charge in [-0.05, 0) is 40.2 Å². The van der Waals surface area contributed by atoms with Crippen LogP contribution in [-0.2, 0) is 0 Å². The first kappa shape index (κ1) is 9.54. The first-order chi connectivity index (χ1) is 7.77. The highest BCUT2D eigenvalue weighted by atomic mass is 79.9. The van der Waals surface area contributed by atoms with Gasteiger partial charge >= 0.3 is 0 Å². The summed E-state index contributed by atoms with van der Waals surface area (Å²) in [6.45, 7) is 0. The van der Waals surface area contributed by atoms with E-state index in [2.05, 4.69) is 20.9 Å². The van der Waals surface area contributed by atoms with Crippen molar-refractivity contribution >= 4 is 32.5 Å².